The monoisotopic (exact) mass is 771 g/mol. The van der Waals surface area contributed by atoms with E-state index in [2.05, 4.69) is 19.9 Å². The van der Waals surface area contributed by atoms with Crippen molar-refractivity contribution in [2.24, 2.45) is 0 Å². The summed E-state index contributed by atoms with van der Waals surface area (Å²) < 4.78 is 37.2. The van der Waals surface area contributed by atoms with E-state index >= 15 is 0 Å². The number of carbonyl (C=O) groups is 1. The highest BCUT2D eigenvalue weighted by molar-refractivity contribution is 5.88. The maximum Gasteiger partial charge on any atom is 0.344 e. The fraction of sp³-hybridized carbons (Fsp3) is 0.250. The minimum Gasteiger partial charge on any atom is -0.493 e. The topological polar surface area (TPSA) is 177 Å². The number of nitriles is 1. The van der Waals surface area contributed by atoms with E-state index in [1.54, 1.807) is 72.9 Å². The summed E-state index contributed by atoms with van der Waals surface area (Å²) in [6.45, 7) is 3.67. The summed E-state index contributed by atoms with van der Waals surface area (Å²) in [5.41, 5.74) is 4.40. The summed E-state index contributed by atoms with van der Waals surface area (Å²) in [7, 11) is 6.32. The van der Waals surface area contributed by atoms with Gasteiger partial charge in [0.1, 0.15) is 6.07 Å². The average Bonchev–Trinajstić information content (AvgIpc) is 3.21. The lowest BCUT2D eigenvalue weighted by atomic mass is 10.1. The number of aliphatic hydroxyl groups is 1. The number of aromatic nitrogens is 4. The van der Waals surface area contributed by atoms with E-state index in [-0.39, 0.29) is 32.2 Å². The summed E-state index contributed by atoms with van der Waals surface area (Å²) in [4.78, 5) is 29.5. The van der Waals surface area contributed by atoms with Crippen LogP contribution in [0.3, 0.4) is 0 Å². The highest BCUT2D eigenvalue weighted by Gasteiger charge is 2.15. The Bertz CT molecular complexity index is 2220. The molecule has 2 aromatic carbocycles. The summed E-state index contributed by atoms with van der Waals surface area (Å²) in [6.07, 6.45) is 3.39. The Hall–Kier alpha value is -6.43. The van der Waals surface area contributed by atoms with Crippen molar-refractivity contribution in [2.45, 2.75) is 13.8 Å². The number of benzene rings is 2. The third-order valence-corrected chi connectivity index (χ3v) is 7.39. The molecule has 15 heteroatoms. The first kappa shape index (κ1) is 43.0. The van der Waals surface area contributed by atoms with Crippen molar-refractivity contribution in [1.29, 1.82) is 5.26 Å². The Morgan fingerprint density at radius 2 is 1.15 bits per heavy atom. The Morgan fingerprint density at radius 1 is 0.691 bits per heavy atom. The lowest BCUT2D eigenvalue weighted by molar-refractivity contribution is -0.145. The first-order chi connectivity index (χ1) is 26.3. The number of aliphatic hydroxyl groups excluding tert-OH is 1. The quantitative estimate of drug-likeness (QED) is 0.127. The number of pyridine rings is 4. The first-order valence-corrected chi connectivity index (χ1v) is 16.7. The van der Waals surface area contributed by atoms with Crippen LogP contribution in [0.2, 0.25) is 0 Å². The Kier molecular flexibility index (Phi) is 17.1. The van der Waals surface area contributed by atoms with Crippen LogP contribution in [0.1, 0.15) is 13.8 Å². The molecule has 0 aliphatic rings. The third-order valence-electron chi connectivity index (χ3n) is 7.39. The molecule has 0 aliphatic heterocycles. The van der Waals surface area contributed by atoms with Gasteiger partial charge in [-0.1, -0.05) is 0 Å². The van der Waals surface area contributed by atoms with Gasteiger partial charge in [-0.05, 0) is 86.6 Å². The van der Waals surface area contributed by atoms with Gasteiger partial charge in [0.15, 0.2) is 36.2 Å². The van der Waals surface area contributed by atoms with Gasteiger partial charge in [-0.25, -0.2) is 14.8 Å². The second kappa shape index (κ2) is 21.9. The highest BCUT2D eigenvalue weighted by atomic mass is 35.5. The molecule has 0 amide bonds. The van der Waals surface area contributed by atoms with Crippen molar-refractivity contribution in [1.82, 2.24) is 19.9 Å². The summed E-state index contributed by atoms with van der Waals surface area (Å²) in [6, 6.07) is 24.0. The molecule has 14 nitrogen and oxygen atoms in total. The van der Waals surface area contributed by atoms with Crippen LogP contribution in [-0.4, -0.2) is 85.9 Å². The normalized spacial score (nSPS) is 9.93. The van der Waals surface area contributed by atoms with Gasteiger partial charge in [0.05, 0.1) is 68.2 Å². The second-order valence-corrected chi connectivity index (χ2v) is 10.8. The number of nitrogens with zero attached hydrogens (tertiary/aromatic N) is 5. The van der Waals surface area contributed by atoms with E-state index in [1.807, 2.05) is 60.7 Å². The number of esters is 1. The largest absolute Gasteiger partial charge is 0.493 e. The van der Waals surface area contributed by atoms with Crippen LogP contribution in [0.15, 0.2) is 85.2 Å². The van der Waals surface area contributed by atoms with Crippen molar-refractivity contribution in [2.75, 3.05) is 54.9 Å². The predicted octanol–water partition coefficient (Wildman–Crippen LogP) is 6.89. The fourth-order valence-corrected chi connectivity index (χ4v) is 5.03. The molecule has 0 saturated heterocycles. The standard InChI is InChI=1S/C20H20N2O5.C18H15N3O3.C2H6O.ClH/c1-4-26-19(23)12-27-20-14-6-5-9-21-16(14)11-15(22-20)13-7-8-17(24-2)18(10-13)25-3;1-22-16-6-5-12(10-17(16)23-2)14-11-15-13(4-3-8-20-15)18(21-14)24-9-7-19;1-2-3;/h5-11H,4,12H2,1-3H3;3-6,8,10-11H,9H2,1-2H3;3H,2H2,1H3;1H. The van der Waals surface area contributed by atoms with Gasteiger partial charge in [-0.2, -0.15) is 5.26 Å². The lowest BCUT2D eigenvalue weighted by Crippen LogP contribution is -2.15. The number of hydrogen-bond donors (Lipinski definition) is 1. The lowest BCUT2D eigenvalue weighted by Gasteiger charge is -2.12. The summed E-state index contributed by atoms with van der Waals surface area (Å²) >= 11 is 0. The van der Waals surface area contributed by atoms with Crippen LogP contribution in [-0.2, 0) is 9.53 Å². The number of halogens is 1. The van der Waals surface area contributed by atoms with Crippen molar-refractivity contribution in [3.63, 3.8) is 0 Å². The number of rotatable bonds is 12. The van der Waals surface area contributed by atoms with Crippen LogP contribution in [0.4, 0.5) is 0 Å². The molecular formula is C40H42ClN5O9. The number of carbonyl (C=O) groups excluding carboxylic acids is 1. The van der Waals surface area contributed by atoms with Gasteiger partial charge in [0.2, 0.25) is 11.8 Å². The average molecular weight is 772 g/mol. The maximum absolute atomic E-state index is 11.6. The first-order valence-electron chi connectivity index (χ1n) is 16.7. The van der Waals surface area contributed by atoms with Gasteiger partial charge in [0.25, 0.3) is 0 Å². The molecule has 0 unspecified atom stereocenters. The predicted molar refractivity (Wildman–Crippen MR) is 209 cm³/mol. The van der Waals surface area contributed by atoms with Crippen LogP contribution in [0.5, 0.6) is 34.8 Å². The van der Waals surface area contributed by atoms with E-state index < -0.39 is 5.97 Å². The zero-order valence-corrected chi connectivity index (χ0v) is 32.1. The number of fused-ring (bicyclic) bond motifs is 2. The number of ether oxygens (including phenoxy) is 7. The second-order valence-electron chi connectivity index (χ2n) is 10.8. The molecule has 6 aromatic rings. The van der Waals surface area contributed by atoms with E-state index in [1.165, 1.54) is 0 Å². The zero-order chi connectivity index (χ0) is 38.9. The molecular weight excluding hydrogens is 730 g/mol. The van der Waals surface area contributed by atoms with Crippen LogP contribution in [0, 0.1) is 11.3 Å². The van der Waals surface area contributed by atoms with E-state index in [4.69, 9.17) is 43.5 Å². The maximum atomic E-state index is 11.6. The zero-order valence-electron chi connectivity index (χ0n) is 31.3. The van der Waals surface area contributed by atoms with Gasteiger partial charge < -0.3 is 38.3 Å². The van der Waals surface area contributed by atoms with Crippen LogP contribution >= 0.6 is 12.4 Å². The summed E-state index contributed by atoms with van der Waals surface area (Å²) in [5, 5.41) is 17.8. The van der Waals surface area contributed by atoms with Gasteiger partial charge in [0, 0.05) is 30.1 Å². The van der Waals surface area contributed by atoms with E-state index in [0.717, 1.165) is 22.0 Å². The van der Waals surface area contributed by atoms with Gasteiger partial charge in [-0.3, -0.25) is 9.97 Å². The van der Waals surface area contributed by atoms with E-state index in [9.17, 15) is 4.79 Å². The minimum atomic E-state index is -0.451. The summed E-state index contributed by atoms with van der Waals surface area (Å²) in [5.74, 6) is 2.71. The molecule has 0 spiro atoms. The molecule has 0 fully saturated rings. The Morgan fingerprint density at radius 3 is 1.56 bits per heavy atom. The van der Waals surface area contributed by atoms with Crippen molar-refractivity contribution in [3.05, 3.63) is 85.2 Å². The molecule has 4 aromatic heterocycles. The van der Waals surface area contributed by atoms with Crippen molar-refractivity contribution >= 4 is 40.2 Å². The number of hydrogen-bond acceptors (Lipinski definition) is 14. The molecule has 0 bridgehead atoms. The third kappa shape index (κ3) is 11.3. The van der Waals surface area contributed by atoms with Gasteiger partial charge in [-0.15, -0.1) is 12.4 Å². The highest BCUT2D eigenvalue weighted by Crippen LogP contribution is 2.35. The molecule has 0 aliphatic carbocycles. The van der Waals surface area contributed by atoms with E-state index in [0.29, 0.717) is 63.7 Å². The smallest absolute Gasteiger partial charge is 0.344 e. The molecule has 55 heavy (non-hydrogen) atoms. The fourth-order valence-electron chi connectivity index (χ4n) is 5.03. The number of methoxy groups -OCH3 is 4. The molecule has 6 rings (SSSR count). The van der Waals surface area contributed by atoms with Crippen molar-refractivity contribution < 1.29 is 43.1 Å². The molecule has 0 atom stereocenters. The van der Waals surface area contributed by atoms with Crippen LogP contribution < -0.4 is 28.4 Å². The minimum absolute atomic E-state index is 0. The van der Waals surface area contributed by atoms with Crippen LogP contribution in [0.25, 0.3) is 44.3 Å². The van der Waals surface area contributed by atoms with Gasteiger partial charge >= 0.3 is 5.97 Å². The molecule has 4 heterocycles. The molecule has 288 valence electrons. The SMILES string of the molecule is CCO.CCOC(=O)COc1nc(-c2ccc(OC)c(OC)c2)cc2ncccc12.COc1ccc(-c2cc3ncccc3c(OCC#N)n2)cc1OC.Cl. The molecule has 0 saturated carbocycles. The Labute approximate surface area is 325 Å². The Balaban J connectivity index is 0.000000273. The molecule has 0 radical (unpaired) electrons. The molecule has 1 N–H and O–H groups in total. The van der Waals surface area contributed by atoms with Crippen molar-refractivity contribution in [3.8, 4) is 63.3 Å².